The maximum absolute atomic E-state index is 13.1. The largest absolute Gasteiger partial charge is 0.493 e. The van der Waals surface area contributed by atoms with Gasteiger partial charge >= 0.3 is 5.97 Å². The third kappa shape index (κ3) is 4.90. The molecule has 166 valence electrons. The van der Waals surface area contributed by atoms with Gasteiger partial charge in [-0.15, -0.1) is 0 Å². The normalized spacial score (nSPS) is 15.0. The minimum atomic E-state index is -1.18. The summed E-state index contributed by atoms with van der Waals surface area (Å²) < 4.78 is 10.4. The van der Waals surface area contributed by atoms with Gasteiger partial charge in [0.1, 0.15) is 5.57 Å². The van der Waals surface area contributed by atoms with Crippen molar-refractivity contribution in [2.24, 2.45) is 0 Å². The fraction of sp³-hybridized carbons (Fsp3) is 0.182. The third-order valence-electron chi connectivity index (χ3n) is 4.61. The van der Waals surface area contributed by atoms with E-state index in [1.807, 2.05) is 19.1 Å². The Morgan fingerprint density at radius 1 is 1.25 bits per heavy atom. The van der Waals surface area contributed by atoms with Crippen molar-refractivity contribution in [1.82, 2.24) is 5.32 Å². The molecule has 1 fully saturated rings. The number of carboxylic acid groups (broad SMARTS) is 1. The van der Waals surface area contributed by atoms with Gasteiger partial charge in [-0.2, -0.15) is 0 Å². The monoisotopic (exact) mass is 474 g/mol. The number of ether oxygens (including phenoxy) is 2. The van der Waals surface area contributed by atoms with Gasteiger partial charge in [0.25, 0.3) is 11.8 Å². The van der Waals surface area contributed by atoms with E-state index in [4.69, 9.17) is 38.4 Å². The van der Waals surface area contributed by atoms with Gasteiger partial charge in [0.2, 0.25) is 0 Å². The first kappa shape index (κ1) is 23.2. The number of aryl methyl sites for hydroxylation is 1. The topological polar surface area (TPSA) is 105 Å². The summed E-state index contributed by atoms with van der Waals surface area (Å²) in [6.07, 6.45) is 2.19. The fourth-order valence-electron chi connectivity index (χ4n) is 3.04. The van der Waals surface area contributed by atoms with E-state index in [-0.39, 0.29) is 27.2 Å². The van der Waals surface area contributed by atoms with Crippen molar-refractivity contribution in [2.45, 2.75) is 13.3 Å². The van der Waals surface area contributed by atoms with Crippen molar-refractivity contribution in [3.8, 4) is 11.5 Å². The molecule has 2 aromatic rings. The van der Waals surface area contributed by atoms with E-state index < -0.39 is 24.4 Å². The van der Waals surface area contributed by atoms with Crippen molar-refractivity contribution in [3.05, 3.63) is 58.1 Å². The first-order chi connectivity index (χ1) is 15.2. The lowest BCUT2D eigenvalue weighted by molar-refractivity contribution is -0.139. The van der Waals surface area contributed by atoms with Crippen LogP contribution in [0.1, 0.15) is 18.1 Å². The SMILES string of the molecule is CCc1ccc(N2C(=O)/C(=C/c3cc(Cl)c(OCC(=O)O)c(OC)c3)C(=O)NC2=S)cc1. The van der Waals surface area contributed by atoms with Gasteiger partial charge in [-0.25, -0.2) is 4.79 Å². The zero-order valence-electron chi connectivity index (χ0n) is 17.2. The number of carboxylic acids is 1. The molecule has 2 amide bonds. The molecule has 2 N–H and O–H groups in total. The molecule has 0 bridgehead atoms. The van der Waals surface area contributed by atoms with Crippen LogP contribution in [0.5, 0.6) is 11.5 Å². The molecule has 1 saturated heterocycles. The maximum atomic E-state index is 13.1. The van der Waals surface area contributed by atoms with Crippen molar-refractivity contribution in [2.75, 3.05) is 18.6 Å². The highest BCUT2D eigenvalue weighted by Crippen LogP contribution is 2.37. The second-order valence-electron chi connectivity index (χ2n) is 6.69. The number of rotatable bonds is 7. The van der Waals surface area contributed by atoms with E-state index in [0.29, 0.717) is 11.3 Å². The molecular weight excluding hydrogens is 456 g/mol. The van der Waals surface area contributed by atoms with Crippen molar-refractivity contribution in [3.63, 3.8) is 0 Å². The molecule has 0 aliphatic carbocycles. The smallest absolute Gasteiger partial charge is 0.341 e. The average Bonchev–Trinajstić information content (AvgIpc) is 2.75. The number of nitrogens with zero attached hydrogens (tertiary/aromatic N) is 1. The average molecular weight is 475 g/mol. The van der Waals surface area contributed by atoms with Gasteiger partial charge in [0.15, 0.2) is 23.2 Å². The number of carbonyl (C=O) groups is 3. The van der Waals surface area contributed by atoms with Crippen LogP contribution in [-0.4, -0.2) is 41.7 Å². The lowest BCUT2D eigenvalue weighted by Gasteiger charge is -2.29. The third-order valence-corrected chi connectivity index (χ3v) is 5.17. The van der Waals surface area contributed by atoms with Crippen molar-refractivity contribution >= 4 is 58.5 Å². The Morgan fingerprint density at radius 2 is 1.94 bits per heavy atom. The number of benzene rings is 2. The molecule has 10 heteroatoms. The van der Waals surface area contributed by atoms with Crippen LogP contribution >= 0.6 is 23.8 Å². The number of methoxy groups -OCH3 is 1. The molecule has 8 nitrogen and oxygen atoms in total. The first-order valence-electron chi connectivity index (χ1n) is 9.47. The second-order valence-corrected chi connectivity index (χ2v) is 7.49. The van der Waals surface area contributed by atoms with Crippen LogP contribution in [0.15, 0.2) is 42.0 Å². The zero-order chi connectivity index (χ0) is 23.4. The highest BCUT2D eigenvalue weighted by molar-refractivity contribution is 7.80. The summed E-state index contributed by atoms with van der Waals surface area (Å²) in [5, 5.41) is 11.4. The van der Waals surface area contributed by atoms with E-state index >= 15 is 0 Å². The number of aliphatic carboxylic acids is 1. The maximum Gasteiger partial charge on any atom is 0.341 e. The van der Waals surface area contributed by atoms with E-state index in [1.165, 1.54) is 30.2 Å². The number of carbonyl (C=O) groups excluding carboxylic acids is 2. The van der Waals surface area contributed by atoms with Crippen molar-refractivity contribution in [1.29, 1.82) is 0 Å². The van der Waals surface area contributed by atoms with E-state index in [9.17, 15) is 14.4 Å². The summed E-state index contributed by atoms with van der Waals surface area (Å²) >= 11 is 11.4. The summed E-state index contributed by atoms with van der Waals surface area (Å²) in [7, 11) is 1.36. The summed E-state index contributed by atoms with van der Waals surface area (Å²) in [6, 6.07) is 10.2. The lowest BCUT2D eigenvalue weighted by atomic mass is 10.1. The molecule has 3 rings (SSSR count). The van der Waals surface area contributed by atoms with Crippen LogP contribution in [0.2, 0.25) is 5.02 Å². The highest BCUT2D eigenvalue weighted by Gasteiger charge is 2.34. The summed E-state index contributed by atoms with van der Waals surface area (Å²) in [6.45, 7) is 1.41. The minimum Gasteiger partial charge on any atom is -0.493 e. The highest BCUT2D eigenvalue weighted by atomic mass is 35.5. The quantitative estimate of drug-likeness (QED) is 0.360. The number of hydrogen-bond acceptors (Lipinski definition) is 6. The predicted octanol–water partition coefficient (Wildman–Crippen LogP) is 3.21. The van der Waals surface area contributed by atoms with E-state index in [2.05, 4.69) is 5.32 Å². The molecule has 2 aromatic carbocycles. The zero-order valence-corrected chi connectivity index (χ0v) is 18.7. The Morgan fingerprint density at radius 3 is 2.53 bits per heavy atom. The van der Waals surface area contributed by atoms with Crippen LogP contribution in [0.3, 0.4) is 0 Å². The number of halogens is 1. The van der Waals surface area contributed by atoms with Crippen molar-refractivity contribution < 1.29 is 29.0 Å². The number of anilines is 1. The van der Waals surface area contributed by atoms with Gasteiger partial charge in [-0.1, -0.05) is 30.7 Å². The number of hydrogen-bond donors (Lipinski definition) is 2. The molecule has 0 atom stereocenters. The summed E-state index contributed by atoms with van der Waals surface area (Å²) in [4.78, 5) is 37.7. The van der Waals surface area contributed by atoms with Crippen LogP contribution in [0.4, 0.5) is 5.69 Å². The number of amides is 2. The molecule has 32 heavy (non-hydrogen) atoms. The van der Waals surface area contributed by atoms with Crippen LogP contribution < -0.4 is 19.7 Å². The Balaban J connectivity index is 1.98. The molecule has 0 saturated carbocycles. The molecule has 0 unspecified atom stereocenters. The Hall–Kier alpha value is -3.43. The molecule has 0 spiro atoms. The Kier molecular flexibility index (Phi) is 7.12. The molecular formula is C22H19ClN2O6S. The fourth-order valence-corrected chi connectivity index (χ4v) is 3.59. The molecule has 1 aliphatic heterocycles. The second kappa shape index (κ2) is 9.80. The molecule has 0 aromatic heterocycles. The van der Waals surface area contributed by atoms with Gasteiger partial charge in [0, 0.05) is 0 Å². The van der Waals surface area contributed by atoms with Gasteiger partial charge < -0.3 is 14.6 Å². The summed E-state index contributed by atoms with van der Waals surface area (Å²) in [5.74, 6) is -2.23. The predicted molar refractivity (Wildman–Crippen MR) is 123 cm³/mol. The molecule has 1 aliphatic rings. The van der Waals surface area contributed by atoms with Gasteiger partial charge in [-0.3, -0.25) is 19.8 Å². The Bertz CT molecular complexity index is 1130. The minimum absolute atomic E-state index is 0.0190. The Labute approximate surface area is 194 Å². The van der Waals surface area contributed by atoms with Crippen LogP contribution in [-0.2, 0) is 20.8 Å². The van der Waals surface area contributed by atoms with E-state index in [0.717, 1.165) is 12.0 Å². The van der Waals surface area contributed by atoms with Crippen LogP contribution in [0, 0.1) is 0 Å². The lowest BCUT2D eigenvalue weighted by Crippen LogP contribution is -2.54. The number of nitrogens with one attached hydrogen (secondary N) is 1. The van der Waals surface area contributed by atoms with Gasteiger partial charge in [-0.05, 0) is 60.1 Å². The molecule has 1 heterocycles. The van der Waals surface area contributed by atoms with Crippen LogP contribution in [0.25, 0.3) is 6.08 Å². The summed E-state index contributed by atoms with van der Waals surface area (Å²) in [5.41, 5.74) is 1.84. The van der Waals surface area contributed by atoms with E-state index in [1.54, 1.807) is 12.1 Å². The first-order valence-corrected chi connectivity index (χ1v) is 10.3. The standard InChI is InChI=1S/C22H19ClN2O6S/c1-3-12-4-6-14(7-5-12)25-21(29)15(20(28)24-22(25)32)8-13-9-16(23)19(17(10-13)30-2)31-11-18(26)27/h4-10H,3,11H2,1-2H3,(H,26,27)(H,24,28,32)/b15-8+. The molecule has 0 radical (unpaired) electrons. The number of thiocarbonyl (C=S) groups is 1. The van der Waals surface area contributed by atoms with Gasteiger partial charge in [0.05, 0.1) is 17.8 Å².